The van der Waals surface area contributed by atoms with Gasteiger partial charge in [-0.3, -0.25) is 4.79 Å². The Morgan fingerprint density at radius 3 is 2.53 bits per heavy atom. The third-order valence-electron chi connectivity index (χ3n) is 2.28. The standard InChI is InChI=1S/C9H15F3N2O/c1-8(2)6-14(4-3-13-8)7(15)5-9(10,11)12/h13H,3-6H2,1-2H3. The van der Waals surface area contributed by atoms with Gasteiger partial charge in [0.1, 0.15) is 6.42 Å². The average Bonchev–Trinajstić information content (AvgIpc) is 1.99. The molecule has 1 heterocycles. The third kappa shape index (κ3) is 4.07. The minimum absolute atomic E-state index is 0.306. The van der Waals surface area contributed by atoms with Crippen molar-refractivity contribution in [2.24, 2.45) is 0 Å². The van der Waals surface area contributed by atoms with Gasteiger partial charge >= 0.3 is 6.18 Å². The zero-order chi connectivity index (χ0) is 11.7. The van der Waals surface area contributed by atoms with Crippen LogP contribution >= 0.6 is 0 Å². The van der Waals surface area contributed by atoms with Crippen LogP contribution in [0, 0.1) is 0 Å². The van der Waals surface area contributed by atoms with E-state index in [1.54, 1.807) is 0 Å². The molecule has 0 spiro atoms. The Bertz CT molecular complexity index is 250. The number of halogens is 3. The highest BCUT2D eigenvalue weighted by molar-refractivity contribution is 5.77. The summed E-state index contributed by atoms with van der Waals surface area (Å²) in [6.45, 7) is 4.93. The largest absolute Gasteiger partial charge is 0.397 e. The lowest BCUT2D eigenvalue weighted by Gasteiger charge is -2.39. The van der Waals surface area contributed by atoms with Crippen molar-refractivity contribution < 1.29 is 18.0 Å². The predicted octanol–water partition coefficient (Wildman–Crippen LogP) is 1.15. The monoisotopic (exact) mass is 224 g/mol. The number of hydrogen-bond acceptors (Lipinski definition) is 2. The molecule has 1 saturated heterocycles. The summed E-state index contributed by atoms with van der Waals surface area (Å²) < 4.78 is 36.0. The van der Waals surface area contributed by atoms with Crippen LogP contribution < -0.4 is 5.32 Å². The van der Waals surface area contributed by atoms with Gasteiger partial charge in [0.25, 0.3) is 0 Å². The zero-order valence-corrected chi connectivity index (χ0v) is 8.82. The van der Waals surface area contributed by atoms with E-state index in [2.05, 4.69) is 5.32 Å². The van der Waals surface area contributed by atoms with Crippen molar-refractivity contribution in [3.8, 4) is 0 Å². The zero-order valence-electron chi connectivity index (χ0n) is 8.82. The first-order chi connectivity index (χ1) is 6.70. The van der Waals surface area contributed by atoms with Crippen molar-refractivity contribution in [1.82, 2.24) is 10.2 Å². The van der Waals surface area contributed by atoms with Crippen molar-refractivity contribution in [1.29, 1.82) is 0 Å². The Labute approximate surface area is 86.6 Å². The van der Waals surface area contributed by atoms with Gasteiger partial charge in [-0.2, -0.15) is 13.2 Å². The second-order valence-electron chi connectivity index (χ2n) is 4.42. The Morgan fingerprint density at radius 1 is 1.47 bits per heavy atom. The molecule has 6 heteroatoms. The fourth-order valence-corrected chi connectivity index (χ4v) is 1.64. The van der Waals surface area contributed by atoms with Crippen LogP contribution in [0.2, 0.25) is 0 Å². The number of piperazine rings is 1. The van der Waals surface area contributed by atoms with Gasteiger partial charge in [-0.1, -0.05) is 0 Å². The molecule has 0 aromatic heterocycles. The van der Waals surface area contributed by atoms with Gasteiger partial charge in [0.15, 0.2) is 0 Å². The van der Waals surface area contributed by atoms with Crippen molar-refractivity contribution in [3.63, 3.8) is 0 Å². The topological polar surface area (TPSA) is 32.3 Å². The van der Waals surface area contributed by atoms with E-state index in [9.17, 15) is 18.0 Å². The molecule has 15 heavy (non-hydrogen) atoms. The maximum Gasteiger partial charge on any atom is 0.397 e. The third-order valence-corrected chi connectivity index (χ3v) is 2.28. The van der Waals surface area contributed by atoms with E-state index in [1.807, 2.05) is 13.8 Å². The summed E-state index contributed by atoms with van der Waals surface area (Å²) in [6, 6.07) is 0. The quantitative estimate of drug-likeness (QED) is 0.724. The summed E-state index contributed by atoms with van der Waals surface area (Å²) in [7, 11) is 0. The molecular weight excluding hydrogens is 209 g/mol. The van der Waals surface area contributed by atoms with Gasteiger partial charge < -0.3 is 10.2 Å². The number of carbonyl (C=O) groups is 1. The highest BCUT2D eigenvalue weighted by atomic mass is 19.4. The van der Waals surface area contributed by atoms with Gasteiger partial charge in [-0.25, -0.2) is 0 Å². The maximum atomic E-state index is 12.0. The molecule has 0 aromatic rings. The summed E-state index contributed by atoms with van der Waals surface area (Å²) >= 11 is 0. The van der Waals surface area contributed by atoms with Crippen molar-refractivity contribution >= 4 is 5.91 Å². The van der Waals surface area contributed by atoms with Gasteiger partial charge in [-0.05, 0) is 13.8 Å². The van der Waals surface area contributed by atoms with Crippen molar-refractivity contribution in [2.45, 2.75) is 32.0 Å². The predicted molar refractivity (Wildman–Crippen MR) is 49.3 cm³/mol. The van der Waals surface area contributed by atoms with Crippen LogP contribution in [0.1, 0.15) is 20.3 Å². The number of alkyl halides is 3. The molecule has 1 fully saturated rings. The summed E-state index contributed by atoms with van der Waals surface area (Å²) in [6.07, 6.45) is -5.77. The van der Waals surface area contributed by atoms with E-state index in [4.69, 9.17) is 0 Å². The molecule has 0 atom stereocenters. The first-order valence-electron chi connectivity index (χ1n) is 4.79. The van der Waals surface area contributed by atoms with Crippen molar-refractivity contribution in [3.05, 3.63) is 0 Å². The molecule has 1 N–H and O–H groups in total. The van der Waals surface area contributed by atoms with E-state index in [-0.39, 0.29) is 5.54 Å². The molecule has 0 aromatic carbocycles. The molecule has 0 radical (unpaired) electrons. The van der Waals surface area contributed by atoms with Crippen LogP contribution in [0.25, 0.3) is 0 Å². The smallest absolute Gasteiger partial charge is 0.339 e. The van der Waals surface area contributed by atoms with Crippen molar-refractivity contribution in [2.75, 3.05) is 19.6 Å². The molecule has 1 rings (SSSR count). The minimum atomic E-state index is -4.41. The summed E-state index contributed by atoms with van der Waals surface area (Å²) in [4.78, 5) is 12.5. The average molecular weight is 224 g/mol. The lowest BCUT2D eigenvalue weighted by Crippen LogP contribution is -2.58. The molecule has 1 aliphatic heterocycles. The Morgan fingerprint density at radius 2 is 2.07 bits per heavy atom. The summed E-state index contributed by atoms with van der Waals surface area (Å²) in [5.74, 6) is -0.836. The number of rotatable bonds is 1. The van der Waals surface area contributed by atoms with Gasteiger partial charge in [0.2, 0.25) is 5.91 Å². The van der Waals surface area contributed by atoms with Crippen LogP contribution in [-0.4, -0.2) is 42.2 Å². The second-order valence-corrected chi connectivity index (χ2v) is 4.42. The van der Waals surface area contributed by atoms with E-state index >= 15 is 0 Å². The van der Waals surface area contributed by atoms with Crippen LogP contribution in [0.5, 0.6) is 0 Å². The van der Waals surface area contributed by atoms with Crippen LogP contribution in [-0.2, 0) is 4.79 Å². The van der Waals surface area contributed by atoms with Crippen LogP contribution in [0.3, 0.4) is 0 Å². The molecule has 0 unspecified atom stereocenters. The fourth-order valence-electron chi connectivity index (χ4n) is 1.64. The van der Waals surface area contributed by atoms with Gasteiger partial charge in [-0.15, -0.1) is 0 Å². The Hall–Kier alpha value is -0.780. The minimum Gasteiger partial charge on any atom is -0.339 e. The first kappa shape index (κ1) is 12.3. The number of nitrogens with one attached hydrogen (secondary N) is 1. The second kappa shape index (κ2) is 4.00. The van der Waals surface area contributed by atoms with E-state index in [1.165, 1.54) is 4.90 Å². The highest BCUT2D eigenvalue weighted by Gasteiger charge is 2.36. The van der Waals surface area contributed by atoms with Crippen LogP contribution in [0.15, 0.2) is 0 Å². The molecule has 88 valence electrons. The molecule has 3 nitrogen and oxygen atoms in total. The van der Waals surface area contributed by atoms with Crippen LogP contribution in [0.4, 0.5) is 13.2 Å². The summed E-state index contributed by atoms with van der Waals surface area (Å²) in [5.41, 5.74) is -0.306. The number of hydrogen-bond donors (Lipinski definition) is 1. The number of carbonyl (C=O) groups excluding carboxylic acids is 1. The SMILES string of the molecule is CC1(C)CN(C(=O)CC(F)(F)F)CCN1. The number of amides is 1. The molecule has 0 saturated carbocycles. The van der Waals surface area contributed by atoms with E-state index < -0.39 is 18.5 Å². The summed E-state index contributed by atoms with van der Waals surface area (Å²) in [5, 5.41) is 3.13. The fraction of sp³-hybridized carbons (Fsp3) is 0.889. The molecule has 1 amide bonds. The molecular formula is C9H15F3N2O. The lowest BCUT2D eigenvalue weighted by atomic mass is 10.0. The van der Waals surface area contributed by atoms with Gasteiger partial charge in [0.05, 0.1) is 0 Å². The van der Waals surface area contributed by atoms with E-state index in [0.29, 0.717) is 19.6 Å². The first-order valence-corrected chi connectivity index (χ1v) is 4.79. The normalized spacial score (nSPS) is 21.5. The Kier molecular flexibility index (Phi) is 3.28. The molecule has 0 bridgehead atoms. The molecule has 1 aliphatic rings. The Balaban J connectivity index is 2.53. The number of nitrogens with zero attached hydrogens (tertiary/aromatic N) is 1. The maximum absolute atomic E-state index is 12.0. The van der Waals surface area contributed by atoms with Gasteiger partial charge in [0, 0.05) is 25.2 Å². The lowest BCUT2D eigenvalue weighted by molar-refractivity contribution is -0.162. The highest BCUT2D eigenvalue weighted by Crippen LogP contribution is 2.22. The molecule has 0 aliphatic carbocycles. The van der Waals surface area contributed by atoms with E-state index in [0.717, 1.165) is 0 Å².